The molecule has 1 fully saturated rings. The van der Waals surface area contributed by atoms with Crippen molar-refractivity contribution in [2.45, 2.75) is 25.5 Å². The first kappa shape index (κ1) is 15.7. The summed E-state index contributed by atoms with van der Waals surface area (Å²) in [7, 11) is 1.74. The number of carbonyl (C=O) groups is 2. The number of likely N-dealkylation sites (N-methyl/N-ethyl adjacent to an activating group) is 1. The normalized spacial score (nSPS) is 19.5. The van der Waals surface area contributed by atoms with Crippen LogP contribution in [0, 0.1) is 0 Å². The summed E-state index contributed by atoms with van der Waals surface area (Å²) in [6.07, 6.45) is 1.61. The maximum absolute atomic E-state index is 12.9. The van der Waals surface area contributed by atoms with E-state index in [1.165, 1.54) is 0 Å². The molecule has 1 unspecified atom stereocenters. The number of rotatable bonds is 3. The van der Waals surface area contributed by atoms with Gasteiger partial charge in [0.1, 0.15) is 18.4 Å². The van der Waals surface area contributed by atoms with Crippen molar-refractivity contribution in [3.8, 4) is 5.75 Å². The Hall–Kier alpha value is -2.82. The van der Waals surface area contributed by atoms with Gasteiger partial charge in [0, 0.05) is 13.6 Å². The van der Waals surface area contributed by atoms with E-state index in [9.17, 15) is 9.59 Å². The lowest BCUT2D eigenvalue weighted by molar-refractivity contribution is -0.121. The maximum atomic E-state index is 12.9. The molecule has 1 saturated heterocycles. The van der Waals surface area contributed by atoms with Crippen molar-refractivity contribution >= 4 is 17.5 Å². The quantitative estimate of drug-likeness (QED) is 0.866. The number of nitrogens with zero attached hydrogens (tertiary/aromatic N) is 2. The zero-order chi connectivity index (χ0) is 17.4. The summed E-state index contributed by atoms with van der Waals surface area (Å²) >= 11 is 0. The highest BCUT2D eigenvalue weighted by atomic mass is 16.5. The minimum atomic E-state index is -0.335. The zero-order valence-corrected chi connectivity index (χ0v) is 14.1. The van der Waals surface area contributed by atoms with Crippen LogP contribution in [-0.2, 0) is 11.4 Å². The van der Waals surface area contributed by atoms with Gasteiger partial charge in [-0.15, -0.1) is 0 Å². The van der Waals surface area contributed by atoms with E-state index >= 15 is 0 Å². The third-order valence-corrected chi connectivity index (χ3v) is 4.94. The lowest BCUT2D eigenvalue weighted by Crippen LogP contribution is -2.43. The van der Waals surface area contributed by atoms with Crippen LogP contribution in [0.4, 0.5) is 5.69 Å². The molecule has 2 aliphatic rings. The van der Waals surface area contributed by atoms with E-state index in [1.807, 2.05) is 36.4 Å². The SMILES string of the molecule is CN1C(=O)C2CCCN2C(=O)c2cc(OCc3ccccc3)ccc21. The molecule has 0 aromatic heterocycles. The van der Waals surface area contributed by atoms with Crippen molar-refractivity contribution in [3.63, 3.8) is 0 Å². The van der Waals surface area contributed by atoms with Crippen LogP contribution in [0.5, 0.6) is 5.75 Å². The first-order chi connectivity index (χ1) is 12.1. The van der Waals surface area contributed by atoms with E-state index in [-0.39, 0.29) is 17.9 Å². The van der Waals surface area contributed by atoms with Crippen LogP contribution in [0.15, 0.2) is 48.5 Å². The van der Waals surface area contributed by atoms with Gasteiger partial charge in [-0.2, -0.15) is 0 Å². The molecule has 0 bridgehead atoms. The fraction of sp³-hybridized carbons (Fsp3) is 0.300. The second-order valence-electron chi connectivity index (χ2n) is 6.51. The van der Waals surface area contributed by atoms with Gasteiger partial charge < -0.3 is 14.5 Å². The van der Waals surface area contributed by atoms with Gasteiger partial charge in [-0.25, -0.2) is 0 Å². The van der Waals surface area contributed by atoms with Crippen molar-refractivity contribution in [2.75, 3.05) is 18.5 Å². The number of carbonyl (C=O) groups excluding carboxylic acids is 2. The van der Waals surface area contributed by atoms with Gasteiger partial charge >= 0.3 is 0 Å². The van der Waals surface area contributed by atoms with Crippen molar-refractivity contribution in [3.05, 3.63) is 59.7 Å². The van der Waals surface area contributed by atoms with Gasteiger partial charge in [-0.3, -0.25) is 9.59 Å². The van der Waals surface area contributed by atoms with E-state index in [1.54, 1.807) is 29.0 Å². The molecule has 0 saturated carbocycles. The molecule has 1 atom stereocenters. The van der Waals surface area contributed by atoms with Crippen LogP contribution < -0.4 is 9.64 Å². The molecular formula is C20H20N2O3. The number of hydrogen-bond donors (Lipinski definition) is 0. The van der Waals surface area contributed by atoms with Crippen LogP contribution in [0.3, 0.4) is 0 Å². The average Bonchev–Trinajstić information content (AvgIpc) is 3.12. The molecule has 25 heavy (non-hydrogen) atoms. The van der Waals surface area contributed by atoms with E-state index < -0.39 is 0 Å². The lowest BCUT2D eigenvalue weighted by Gasteiger charge is -2.22. The van der Waals surface area contributed by atoms with Crippen LogP contribution in [0.25, 0.3) is 0 Å². The monoisotopic (exact) mass is 336 g/mol. The molecule has 0 aliphatic carbocycles. The third kappa shape index (κ3) is 2.76. The first-order valence-corrected chi connectivity index (χ1v) is 8.54. The summed E-state index contributed by atoms with van der Waals surface area (Å²) in [6, 6.07) is 14.9. The van der Waals surface area contributed by atoms with Crippen molar-refractivity contribution in [2.24, 2.45) is 0 Å². The largest absolute Gasteiger partial charge is 0.489 e. The standard InChI is InChI=1S/C20H20N2O3/c1-21-17-10-9-15(25-13-14-6-3-2-4-7-14)12-16(17)19(23)22-11-5-8-18(22)20(21)24/h2-4,6-7,9-10,12,18H,5,8,11,13H2,1H3. The molecule has 2 amide bonds. The molecular weight excluding hydrogens is 316 g/mol. The third-order valence-electron chi connectivity index (χ3n) is 4.94. The Kier molecular flexibility index (Phi) is 3.92. The van der Waals surface area contributed by atoms with Crippen molar-refractivity contribution in [1.29, 1.82) is 0 Å². The Bertz CT molecular complexity index is 819. The number of anilines is 1. The van der Waals surface area contributed by atoms with E-state index in [0.29, 0.717) is 30.2 Å². The summed E-state index contributed by atoms with van der Waals surface area (Å²) in [5.74, 6) is 0.539. The highest BCUT2D eigenvalue weighted by Crippen LogP contribution is 2.33. The van der Waals surface area contributed by atoms with Crippen LogP contribution in [0.2, 0.25) is 0 Å². The van der Waals surface area contributed by atoms with E-state index in [0.717, 1.165) is 18.4 Å². The molecule has 0 N–H and O–H groups in total. The summed E-state index contributed by atoms with van der Waals surface area (Å²) < 4.78 is 5.85. The van der Waals surface area contributed by atoms with Crippen LogP contribution >= 0.6 is 0 Å². The molecule has 0 radical (unpaired) electrons. The van der Waals surface area contributed by atoms with Crippen molar-refractivity contribution in [1.82, 2.24) is 4.90 Å². The Labute approximate surface area is 146 Å². The predicted molar refractivity (Wildman–Crippen MR) is 94.7 cm³/mol. The Morgan fingerprint density at radius 1 is 1.12 bits per heavy atom. The lowest BCUT2D eigenvalue weighted by atomic mass is 10.1. The van der Waals surface area contributed by atoms with Gasteiger partial charge in [0.15, 0.2) is 0 Å². The molecule has 5 heteroatoms. The Balaban J connectivity index is 1.64. The summed E-state index contributed by atoms with van der Waals surface area (Å²) in [5, 5.41) is 0. The average molecular weight is 336 g/mol. The number of fused-ring (bicyclic) bond motifs is 2. The number of hydrogen-bond acceptors (Lipinski definition) is 3. The minimum Gasteiger partial charge on any atom is -0.489 e. The fourth-order valence-corrected chi connectivity index (χ4v) is 3.57. The van der Waals surface area contributed by atoms with Gasteiger partial charge in [0.25, 0.3) is 5.91 Å². The zero-order valence-electron chi connectivity index (χ0n) is 14.1. The van der Waals surface area contributed by atoms with Gasteiger partial charge in [-0.1, -0.05) is 30.3 Å². The second-order valence-corrected chi connectivity index (χ2v) is 6.51. The smallest absolute Gasteiger partial charge is 0.256 e. The minimum absolute atomic E-state index is 0.0115. The molecule has 5 nitrogen and oxygen atoms in total. The molecule has 2 aromatic rings. The number of ether oxygens (including phenoxy) is 1. The molecule has 2 aromatic carbocycles. The summed E-state index contributed by atoms with van der Waals surface area (Å²) in [4.78, 5) is 28.9. The molecule has 4 rings (SSSR count). The maximum Gasteiger partial charge on any atom is 0.256 e. The molecule has 0 spiro atoms. The van der Waals surface area contributed by atoms with E-state index in [2.05, 4.69) is 0 Å². The van der Waals surface area contributed by atoms with Gasteiger partial charge in [0.05, 0.1) is 11.3 Å². The van der Waals surface area contributed by atoms with Crippen molar-refractivity contribution < 1.29 is 14.3 Å². The fourth-order valence-electron chi connectivity index (χ4n) is 3.57. The van der Waals surface area contributed by atoms with Crippen LogP contribution in [0.1, 0.15) is 28.8 Å². The predicted octanol–water partition coefficient (Wildman–Crippen LogP) is 2.85. The number of benzene rings is 2. The molecule has 128 valence electrons. The van der Waals surface area contributed by atoms with Gasteiger partial charge in [-0.05, 0) is 36.6 Å². The summed E-state index contributed by atoms with van der Waals surface area (Å²) in [5.41, 5.74) is 2.25. The highest BCUT2D eigenvalue weighted by Gasteiger charge is 2.40. The Morgan fingerprint density at radius 2 is 1.92 bits per heavy atom. The van der Waals surface area contributed by atoms with Gasteiger partial charge in [0.2, 0.25) is 5.91 Å². The van der Waals surface area contributed by atoms with Crippen LogP contribution in [-0.4, -0.2) is 36.3 Å². The molecule has 2 heterocycles. The molecule has 2 aliphatic heterocycles. The number of amides is 2. The summed E-state index contributed by atoms with van der Waals surface area (Å²) in [6.45, 7) is 1.08. The topological polar surface area (TPSA) is 49.9 Å². The van der Waals surface area contributed by atoms with E-state index in [4.69, 9.17) is 4.74 Å². The second kappa shape index (κ2) is 6.24. The Morgan fingerprint density at radius 3 is 2.72 bits per heavy atom. The first-order valence-electron chi connectivity index (χ1n) is 8.54. The highest BCUT2D eigenvalue weighted by molar-refractivity contribution is 6.11.